The summed E-state index contributed by atoms with van der Waals surface area (Å²) in [6.45, 7) is 6.34. The van der Waals surface area contributed by atoms with Crippen LogP contribution in [-0.2, 0) is 4.79 Å². The van der Waals surface area contributed by atoms with Gasteiger partial charge in [-0.25, -0.2) is 4.79 Å². The molecule has 0 aliphatic carbocycles. The van der Waals surface area contributed by atoms with Crippen LogP contribution >= 0.6 is 23.4 Å². The maximum absolute atomic E-state index is 12.4. The van der Waals surface area contributed by atoms with Crippen LogP contribution in [0.25, 0.3) is 0 Å². The van der Waals surface area contributed by atoms with Crippen molar-refractivity contribution in [2.24, 2.45) is 0 Å². The van der Waals surface area contributed by atoms with Gasteiger partial charge in [0.15, 0.2) is 0 Å². The monoisotopic (exact) mass is 341 g/mol. The maximum atomic E-state index is 12.4. The number of amides is 3. The molecule has 2 rings (SSSR count). The third-order valence-corrected chi connectivity index (χ3v) is 5.33. The highest BCUT2D eigenvalue weighted by atomic mass is 35.5. The van der Waals surface area contributed by atoms with Gasteiger partial charge in [0, 0.05) is 36.2 Å². The van der Waals surface area contributed by atoms with Gasteiger partial charge in [-0.15, -0.1) is 0 Å². The fourth-order valence-corrected chi connectivity index (χ4v) is 3.63. The van der Waals surface area contributed by atoms with E-state index in [0.29, 0.717) is 21.6 Å². The first-order chi connectivity index (χ1) is 10.4. The van der Waals surface area contributed by atoms with Crippen LogP contribution in [0.1, 0.15) is 20.8 Å². The summed E-state index contributed by atoms with van der Waals surface area (Å²) in [5.41, 5.74) is 1.14. The van der Waals surface area contributed by atoms with Gasteiger partial charge < -0.3 is 15.5 Å². The Morgan fingerprint density at radius 2 is 2.05 bits per heavy atom. The average molecular weight is 342 g/mol. The van der Waals surface area contributed by atoms with E-state index in [1.807, 2.05) is 16.7 Å². The zero-order valence-corrected chi connectivity index (χ0v) is 14.4. The lowest BCUT2D eigenvalue weighted by Crippen LogP contribution is -2.49. The van der Waals surface area contributed by atoms with Crippen molar-refractivity contribution in [3.8, 4) is 0 Å². The van der Waals surface area contributed by atoms with Gasteiger partial charge in [-0.2, -0.15) is 11.8 Å². The first-order valence-corrected chi connectivity index (χ1v) is 8.57. The summed E-state index contributed by atoms with van der Waals surface area (Å²) >= 11 is 8.05. The number of anilines is 2. The van der Waals surface area contributed by atoms with Gasteiger partial charge in [0.25, 0.3) is 0 Å². The summed E-state index contributed by atoms with van der Waals surface area (Å²) < 4.78 is 0. The molecule has 0 aromatic heterocycles. The standard InChI is InChI=1S/C15H20ClN3O2S/c1-9-10(2)22-7-6-19(9)15(21)18-14-5-4-12(8-13(14)16)17-11(3)20/h4-5,8-10H,6-7H2,1-3H3,(H,17,20)(H,18,21)/t9-,10-/m0/s1. The molecule has 0 unspecified atom stereocenters. The Bertz CT molecular complexity index is 582. The van der Waals surface area contributed by atoms with E-state index < -0.39 is 0 Å². The average Bonchev–Trinajstić information content (AvgIpc) is 2.44. The molecule has 3 amide bonds. The molecule has 1 aliphatic rings. The summed E-state index contributed by atoms with van der Waals surface area (Å²) in [6, 6.07) is 5.06. The highest BCUT2D eigenvalue weighted by molar-refractivity contribution is 8.00. The molecule has 2 N–H and O–H groups in total. The van der Waals surface area contributed by atoms with E-state index in [1.165, 1.54) is 6.92 Å². The Hall–Kier alpha value is -1.40. The van der Waals surface area contributed by atoms with E-state index in [4.69, 9.17) is 11.6 Å². The first-order valence-electron chi connectivity index (χ1n) is 7.15. The predicted octanol–water partition coefficient (Wildman–Crippen LogP) is 3.66. The van der Waals surface area contributed by atoms with Gasteiger partial charge >= 0.3 is 6.03 Å². The molecule has 2 atom stereocenters. The van der Waals surface area contributed by atoms with Gasteiger partial charge in [0.2, 0.25) is 5.91 Å². The largest absolute Gasteiger partial charge is 0.326 e. The van der Waals surface area contributed by atoms with E-state index in [0.717, 1.165) is 12.3 Å². The molecule has 0 spiro atoms. The molecule has 0 radical (unpaired) electrons. The lowest BCUT2D eigenvalue weighted by atomic mass is 10.2. The van der Waals surface area contributed by atoms with Crippen molar-refractivity contribution in [3.05, 3.63) is 23.2 Å². The van der Waals surface area contributed by atoms with Crippen LogP contribution < -0.4 is 10.6 Å². The Morgan fingerprint density at radius 3 is 2.68 bits per heavy atom. The molecule has 1 fully saturated rings. The SMILES string of the molecule is CC(=O)Nc1ccc(NC(=O)N2CCS[C@@H](C)[C@@H]2C)c(Cl)c1. The molecule has 0 saturated carbocycles. The van der Waals surface area contributed by atoms with Gasteiger partial charge in [-0.3, -0.25) is 4.79 Å². The van der Waals surface area contributed by atoms with Crippen molar-refractivity contribution in [2.75, 3.05) is 22.9 Å². The Balaban J connectivity index is 2.06. The topological polar surface area (TPSA) is 61.4 Å². The summed E-state index contributed by atoms with van der Waals surface area (Å²) in [7, 11) is 0. The third-order valence-electron chi connectivity index (χ3n) is 3.68. The van der Waals surface area contributed by atoms with Crippen LogP contribution in [0.4, 0.5) is 16.2 Å². The molecule has 7 heteroatoms. The molecule has 0 bridgehead atoms. The van der Waals surface area contributed by atoms with Crippen LogP contribution in [0.5, 0.6) is 0 Å². The number of halogens is 1. The van der Waals surface area contributed by atoms with E-state index in [9.17, 15) is 9.59 Å². The quantitative estimate of drug-likeness (QED) is 0.863. The third kappa shape index (κ3) is 4.08. The second-order valence-corrected chi connectivity index (χ2v) is 7.21. The van der Waals surface area contributed by atoms with Crippen molar-refractivity contribution >= 4 is 46.7 Å². The molecule has 1 aromatic rings. The number of hydrogen-bond acceptors (Lipinski definition) is 3. The van der Waals surface area contributed by atoms with E-state index in [-0.39, 0.29) is 18.0 Å². The zero-order valence-electron chi connectivity index (χ0n) is 12.9. The lowest BCUT2D eigenvalue weighted by Gasteiger charge is -2.37. The van der Waals surface area contributed by atoms with Crippen LogP contribution in [0.2, 0.25) is 5.02 Å². The molecule has 1 saturated heterocycles. The molecule has 1 heterocycles. The molecule has 22 heavy (non-hydrogen) atoms. The molecular weight excluding hydrogens is 322 g/mol. The maximum Gasteiger partial charge on any atom is 0.322 e. The zero-order chi connectivity index (χ0) is 16.3. The lowest BCUT2D eigenvalue weighted by molar-refractivity contribution is -0.114. The van der Waals surface area contributed by atoms with Gasteiger partial charge in [-0.1, -0.05) is 18.5 Å². The van der Waals surface area contributed by atoms with Gasteiger partial charge in [0.05, 0.1) is 10.7 Å². The highest BCUT2D eigenvalue weighted by Crippen LogP contribution is 2.28. The Kier molecular flexibility index (Phi) is 5.58. The number of carbonyl (C=O) groups excluding carboxylic acids is 2. The molecule has 1 aliphatic heterocycles. The Morgan fingerprint density at radius 1 is 1.32 bits per heavy atom. The van der Waals surface area contributed by atoms with Crippen molar-refractivity contribution in [1.82, 2.24) is 4.90 Å². The van der Waals surface area contributed by atoms with Crippen molar-refractivity contribution in [2.45, 2.75) is 32.1 Å². The summed E-state index contributed by atoms with van der Waals surface area (Å²) in [6.07, 6.45) is 0. The molecule has 5 nitrogen and oxygen atoms in total. The molecular formula is C15H20ClN3O2S. The van der Waals surface area contributed by atoms with E-state index in [2.05, 4.69) is 24.5 Å². The number of thioether (sulfide) groups is 1. The van der Waals surface area contributed by atoms with E-state index >= 15 is 0 Å². The number of hydrogen-bond donors (Lipinski definition) is 2. The van der Waals surface area contributed by atoms with Crippen molar-refractivity contribution in [1.29, 1.82) is 0 Å². The number of urea groups is 1. The predicted molar refractivity (Wildman–Crippen MR) is 92.9 cm³/mol. The number of nitrogens with one attached hydrogen (secondary N) is 2. The second kappa shape index (κ2) is 7.24. The van der Waals surface area contributed by atoms with Crippen molar-refractivity contribution < 1.29 is 9.59 Å². The van der Waals surface area contributed by atoms with Gasteiger partial charge in [-0.05, 0) is 25.1 Å². The minimum atomic E-state index is -0.165. The van der Waals surface area contributed by atoms with Crippen LogP contribution in [0.15, 0.2) is 18.2 Å². The fourth-order valence-electron chi connectivity index (χ4n) is 2.30. The van der Waals surface area contributed by atoms with E-state index in [1.54, 1.807) is 18.2 Å². The summed E-state index contributed by atoms with van der Waals surface area (Å²) in [5.74, 6) is 0.773. The molecule has 1 aromatic carbocycles. The Labute approximate surface area is 139 Å². The number of benzene rings is 1. The van der Waals surface area contributed by atoms with Crippen LogP contribution in [0.3, 0.4) is 0 Å². The fraction of sp³-hybridized carbons (Fsp3) is 0.467. The van der Waals surface area contributed by atoms with Gasteiger partial charge in [0.1, 0.15) is 0 Å². The smallest absolute Gasteiger partial charge is 0.322 e. The first kappa shape index (κ1) is 17.0. The number of rotatable bonds is 2. The normalized spacial score (nSPS) is 21.4. The van der Waals surface area contributed by atoms with Crippen LogP contribution in [0, 0.1) is 0 Å². The molecule has 120 valence electrons. The summed E-state index contributed by atoms with van der Waals surface area (Å²) in [4.78, 5) is 25.3. The second-order valence-electron chi connectivity index (χ2n) is 5.32. The van der Waals surface area contributed by atoms with Crippen molar-refractivity contribution in [3.63, 3.8) is 0 Å². The highest BCUT2D eigenvalue weighted by Gasteiger charge is 2.29. The minimum Gasteiger partial charge on any atom is -0.326 e. The summed E-state index contributed by atoms with van der Waals surface area (Å²) in [5, 5.41) is 6.31. The number of carbonyl (C=O) groups is 2. The number of nitrogens with zero attached hydrogens (tertiary/aromatic N) is 1. The minimum absolute atomic E-state index is 0.145. The van der Waals surface area contributed by atoms with Crippen LogP contribution in [-0.4, -0.2) is 40.4 Å².